The van der Waals surface area contributed by atoms with Crippen LogP contribution in [0, 0.1) is 5.92 Å². The Morgan fingerprint density at radius 2 is 0.667 bits per heavy atom. The van der Waals surface area contributed by atoms with Gasteiger partial charge >= 0.3 is 0 Å². The van der Waals surface area contributed by atoms with E-state index in [0.717, 1.165) is 34.1 Å². The lowest BCUT2D eigenvalue weighted by Gasteiger charge is -2.30. The summed E-state index contributed by atoms with van der Waals surface area (Å²) in [6.45, 7) is 11.8. The summed E-state index contributed by atoms with van der Waals surface area (Å²) < 4.78 is 0. The number of hydrogen-bond donors (Lipinski definition) is 0. The van der Waals surface area contributed by atoms with E-state index in [-0.39, 0.29) is 16.7 Å². The van der Waals surface area contributed by atoms with Gasteiger partial charge in [0, 0.05) is 50.9 Å². The first kappa shape index (κ1) is 46.1. The molecule has 10 aromatic carbocycles. The molecule has 0 heterocycles. The molecular formula is C73H60N2. The van der Waals surface area contributed by atoms with E-state index in [0.29, 0.717) is 5.92 Å². The summed E-state index contributed by atoms with van der Waals surface area (Å²) in [6.07, 6.45) is 7.08. The van der Waals surface area contributed by atoms with E-state index in [9.17, 15) is 0 Å². The third-order valence-electron chi connectivity index (χ3n) is 16.6. The quantitative estimate of drug-likeness (QED) is 0.135. The van der Waals surface area contributed by atoms with Gasteiger partial charge in [0.25, 0.3) is 0 Å². The van der Waals surface area contributed by atoms with Crippen molar-refractivity contribution in [2.75, 3.05) is 9.80 Å². The highest BCUT2D eigenvalue weighted by atomic mass is 15.1. The average Bonchev–Trinajstić information content (AvgIpc) is 3.83. The minimum absolute atomic E-state index is 0.119. The van der Waals surface area contributed by atoms with Gasteiger partial charge in [-0.25, -0.2) is 0 Å². The van der Waals surface area contributed by atoms with E-state index in [4.69, 9.17) is 0 Å². The summed E-state index contributed by atoms with van der Waals surface area (Å²) in [5, 5.41) is 0. The molecule has 2 heteroatoms. The fraction of sp³-hybridized carbons (Fsp3) is 0.123. The van der Waals surface area contributed by atoms with Crippen molar-refractivity contribution in [3.05, 3.63) is 294 Å². The molecule has 75 heavy (non-hydrogen) atoms. The molecule has 0 spiro atoms. The van der Waals surface area contributed by atoms with Gasteiger partial charge in [0.05, 0.1) is 0 Å². The largest absolute Gasteiger partial charge is 0.311 e. The van der Waals surface area contributed by atoms with Crippen LogP contribution >= 0.6 is 0 Å². The van der Waals surface area contributed by atoms with Crippen LogP contribution in [-0.4, -0.2) is 0 Å². The molecule has 362 valence electrons. The van der Waals surface area contributed by atoms with Gasteiger partial charge in [-0.2, -0.15) is 0 Å². The summed E-state index contributed by atoms with van der Waals surface area (Å²) in [5.74, 6) is 0.678. The number of anilines is 6. The Morgan fingerprint density at radius 1 is 0.320 bits per heavy atom. The molecule has 13 rings (SSSR count). The van der Waals surface area contributed by atoms with Crippen LogP contribution in [0.2, 0.25) is 0 Å². The lowest BCUT2D eigenvalue weighted by atomic mass is 9.81. The molecule has 2 nitrogen and oxygen atoms in total. The number of hydrogen-bond acceptors (Lipinski definition) is 2. The summed E-state index contributed by atoms with van der Waals surface area (Å²) in [4.78, 5) is 4.84. The average molecular weight is 965 g/mol. The predicted molar refractivity (Wildman–Crippen MR) is 317 cm³/mol. The van der Waals surface area contributed by atoms with Gasteiger partial charge in [0.15, 0.2) is 0 Å². The topological polar surface area (TPSA) is 6.48 Å². The summed E-state index contributed by atoms with van der Waals surface area (Å²) in [5.41, 5.74) is 25.9. The van der Waals surface area contributed by atoms with Gasteiger partial charge in [-0.3, -0.25) is 0 Å². The van der Waals surface area contributed by atoms with Crippen molar-refractivity contribution >= 4 is 39.7 Å². The highest BCUT2D eigenvalue weighted by Crippen LogP contribution is 2.53. The minimum Gasteiger partial charge on any atom is -0.311 e. The highest BCUT2D eigenvalue weighted by Gasteiger charge is 2.38. The Bertz CT molecular complexity index is 3700. The first-order chi connectivity index (χ1) is 36.6. The Labute approximate surface area is 443 Å². The molecule has 2 unspecified atom stereocenters. The molecule has 2 atom stereocenters. The van der Waals surface area contributed by atoms with Gasteiger partial charge in [-0.15, -0.1) is 0 Å². The van der Waals surface area contributed by atoms with Gasteiger partial charge in [-0.05, 0) is 162 Å². The molecular weight excluding hydrogens is 905 g/mol. The number of allylic oxidation sites excluding steroid dienone is 4. The summed E-state index contributed by atoms with van der Waals surface area (Å²) in [6, 6.07) is 89.8. The molecule has 0 saturated carbocycles. The zero-order valence-electron chi connectivity index (χ0n) is 43.4. The Morgan fingerprint density at radius 3 is 1.12 bits per heavy atom. The SMILES string of the molecule is CC1C=CC(c2ccccc2)=CC1c1ccc(N(c2ccc(-c3ccccc3)cc2)c2ccc(-c3ccc(N(c4ccc5c(c4)C(C)(C)c4ccccc4-5)c4ccc5c(c4)C(C)(C)c4ccccc4-5)cc3)cc2)cc1. The van der Waals surface area contributed by atoms with E-state index in [1.54, 1.807) is 0 Å². The van der Waals surface area contributed by atoms with E-state index >= 15 is 0 Å². The molecule has 0 saturated heterocycles. The smallest absolute Gasteiger partial charge is 0.0465 e. The fourth-order valence-electron chi connectivity index (χ4n) is 12.4. The molecule has 0 radical (unpaired) electrons. The molecule has 0 aromatic heterocycles. The van der Waals surface area contributed by atoms with Crippen LogP contribution in [0.25, 0.3) is 50.1 Å². The second-order valence-corrected chi connectivity index (χ2v) is 21.8. The van der Waals surface area contributed by atoms with Crippen LogP contribution < -0.4 is 9.80 Å². The summed E-state index contributed by atoms with van der Waals surface area (Å²) in [7, 11) is 0. The second kappa shape index (κ2) is 18.3. The Kier molecular flexibility index (Phi) is 11.3. The fourth-order valence-corrected chi connectivity index (χ4v) is 12.4. The van der Waals surface area contributed by atoms with E-state index in [1.165, 1.54) is 83.5 Å². The van der Waals surface area contributed by atoms with Crippen molar-refractivity contribution in [2.24, 2.45) is 5.92 Å². The van der Waals surface area contributed by atoms with Crippen molar-refractivity contribution in [3.8, 4) is 44.5 Å². The lowest BCUT2D eigenvalue weighted by molar-refractivity contribution is 0.637. The van der Waals surface area contributed by atoms with Gasteiger partial charge < -0.3 is 9.80 Å². The zero-order chi connectivity index (χ0) is 50.8. The zero-order valence-corrected chi connectivity index (χ0v) is 43.4. The van der Waals surface area contributed by atoms with Crippen molar-refractivity contribution in [1.82, 2.24) is 0 Å². The number of fused-ring (bicyclic) bond motifs is 6. The first-order valence-electron chi connectivity index (χ1n) is 26.6. The number of rotatable bonds is 10. The van der Waals surface area contributed by atoms with Crippen LogP contribution in [0.5, 0.6) is 0 Å². The molecule has 0 amide bonds. The van der Waals surface area contributed by atoms with Gasteiger partial charge in [0.1, 0.15) is 0 Å². The van der Waals surface area contributed by atoms with Crippen LogP contribution in [0.4, 0.5) is 34.1 Å². The third-order valence-corrected chi connectivity index (χ3v) is 16.6. The summed E-state index contributed by atoms with van der Waals surface area (Å²) >= 11 is 0. The van der Waals surface area contributed by atoms with Crippen molar-refractivity contribution in [2.45, 2.75) is 51.4 Å². The monoisotopic (exact) mass is 964 g/mol. The minimum atomic E-state index is -0.119. The van der Waals surface area contributed by atoms with Crippen molar-refractivity contribution in [3.63, 3.8) is 0 Å². The Balaban J connectivity index is 0.845. The molecule has 0 bridgehead atoms. The number of nitrogens with zero attached hydrogens (tertiary/aromatic N) is 2. The van der Waals surface area contributed by atoms with Gasteiger partial charge in [0.2, 0.25) is 0 Å². The van der Waals surface area contributed by atoms with Crippen LogP contribution in [0.15, 0.2) is 261 Å². The molecule has 3 aliphatic rings. The molecule has 3 aliphatic carbocycles. The second-order valence-electron chi connectivity index (χ2n) is 21.8. The number of benzene rings is 10. The standard InChI is InChI=1S/C73H60N2/c1-49-24-25-56(51-18-10-7-11-19-51)46-67(49)55-32-40-59(41-33-55)74(57-34-26-52(27-35-57)50-16-8-6-9-17-50)58-36-28-53(29-37-58)54-30-38-60(39-31-54)75(61-42-44-65-63-20-12-14-22-68(63)72(2,3)70(65)47-61)62-43-45-66-64-21-13-15-23-69(64)73(4,5)71(66)48-62/h6-49,67H,1-5H3. The molecule has 0 N–H and O–H groups in total. The van der Waals surface area contributed by atoms with Crippen LogP contribution in [-0.2, 0) is 10.8 Å². The van der Waals surface area contributed by atoms with Crippen molar-refractivity contribution in [1.29, 1.82) is 0 Å². The predicted octanol–water partition coefficient (Wildman–Crippen LogP) is 19.9. The maximum absolute atomic E-state index is 2.46. The van der Waals surface area contributed by atoms with E-state index in [1.807, 2.05) is 0 Å². The van der Waals surface area contributed by atoms with E-state index < -0.39 is 0 Å². The molecule has 10 aromatic rings. The Hall–Kier alpha value is -8.72. The van der Waals surface area contributed by atoms with Crippen LogP contribution in [0.1, 0.15) is 73.9 Å². The van der Waals surface area contributed by atoms with Crippen LogP contribution in [0.3, 0.4) is 0 Å². The first-order valence-corrected chi connectivity index (χ1v) is 26.6. The maximum atomic E-state index is 2.46. The van der Waals surface area contributed by atoms with Crippen molar-refractivity contribution < 1.29 is 0 Å². The normalized spacial score (nSPS) is 16.3. The van der Waals surface area contributed by atoms with E-state index in [2.05, 4.69) is 305 Å². The lowest BCUT2D eigenvalue weighted by Crippen LogP contribution is -2.18. The van der Waals surface area contributed by atoms with Gasteiger partial charge in [-0.1, -0.05) is 223 Å². The molecule has 0 fully saturated rings. The highest BCUT2D eigenvalue weighted by molar-refractivity contribution is 5.89. The maximum Gasteiger partial charge on any atom is 0.0465 e. The third kappa shape index (κ3) is 8.04. The molecule has 0 aliphatic heterocycles.